The molecule has 2 heterocycles. The third kappa shape index (κ3) is 3.61. The van der Waals surface area contributed by atoms with E-state index in [2.05, 4.69) is 20.8 Å². The fourth-order valence-corrected chi connectivity index (χ4v) is 3.96. The Labute approximate surface area is 160 Å². The number of rotatable bonds is 4. The molecular formula is C19H17N5O2S. The van der Waals surface area contributed by atoms with Crippen molar-refractivity contribution in [2.75, 3.05) is 5.32 Å². The SMILES string of the molecule is CC(=O)c1ccc(-n2nnnc2S[C@H]2CCc3ccccc3NC2=O)cc1. The first-order valence-corrected chi connectivity index (χ1v) is 9.45. The lowest BCUT2D eigenvalue weighted by atomic mass is 10.1. The molecule has 0 bridgehead atoms. The number of nitrogens with zero attached hydrogens (tertiary/aromatic N) is 4. The van der Waals surface area contributed by atoms with Crippen molar-refractivity contribution in [1.29, 1.82) is 0 Å². The maximum atomic E-state index is 12.6. The van der Waals surface area contributed by atoms with Gasteiger partial charge in [-0.2, -0.15) is 4.68 Å². The van der Waals surface area contributed by atoms with Gasteiger partial charge in [-0.3, -0.25) is 9.59 Å². The monoisotopic (exact) mass is 379 g/mol. The summed E-state index contributed by atoms with van der Waals surface area (Å²) in [5, 5.41) is 15.1. The Bertz CT molecular complexity index is 999. The minimum absolute atomic E-state index is 0.00237. The Kier molecular flexibility index (Phi) is 4.72. The van der Waals surface area contributed by atoms with Crippen LogP contribution < -0.4 is 5.32 Å². The lowest BCUT2D eigenvalue weighted by Gasteiger charge is -2.12. The first-order valence-electron chi connectivity index (χ1n) is 8.57. The molecule has 1 amide bonds. The molecular weight excluding hydrogens is 362 g/mol. The largest absolute Gasteiger partial charge is 0.325 e. The minimum atomic E-state index is -0.293. The lowest BCUT2D eigenvalue weighted by molar-refractivity contribution is -0.115. The zero-order valence-corrected chi connectivity index (χ0v) is 15.4. The van der Waals surface area contributed by atoms with E-state index in [1.165, 1.54) is 18.7 Å². The molecule has 1 N–H and O–H groups in total. The van der Waals surface area contributed by atoms with Gasteiger partial charge in [-0.1, -0.05) is 30.0 Å². The van der Waals surface area contributed by atoms with Gasteiger partial charge in [0.1, 0.15) is 0 Å². The van der Waals surface area contributed by atoms with E-state index in [1.54, 1.807) is 28.9 Å². The molecule has 0 spiro atoms. The van der Waals surface area contributed by atoms with Crippen molar-refractivity contribution in [2.45, 2.75) is 30.2 Å². The quantitative estimate of drug-likeness (QED) is 0.701. The maximum absolute atomic E-state index is 12.6. The molecule has 0 aliphatic carbocycles. The Morgan fingerprint density at radius 2 is 1.96 bits per heavy atom. The van der Waals surface area contributed by atoms with Gasteiger partial charge >= 0.3 is 0 Å². The van der Waals surface area contributed by atoms with Crippen LogP contribution in [0.15, 0.2) is 53.7 Å². The van der Waals surface area contributed by atoms with E-state index in [0.29, 0.717) is 17.1 Å². The zero-order valence-electron chi connectivity index (χ0n) is 14.6. The molecule has 0 saturated heterocycles. The summed E-state index contributed by atoms with van der Waals surface area (Å²) in [5.74, 6) is -0.0472. The highest BCUT2D eigenvalue weighted by molar-refractivity contribution is 8.00. The van der Waals surface area contributed by atoms with Crippen molar-refractivity contribution >= 4 is 29.1 Å². The number of hydrogen-bond donors (Lipinski definition) is 1. The molecule has 3 aromatic rings. The zero-order chi connectivity index (χ0) is 18.8. The fraction of sp³-hybridized carbons (Fsp3) is 0.211. The predicted octanol–water partition coefficient (Wildman–Crippen LogP) is 2.91. The molecule has 1 aliphatic rings. The number of Topliss-reactive ketones (excluding diaryl/α,β-unsaturated/α-hetero) is 1. The van der Waals surface area contributed by atoms with Crippen molar-refractivity contribution in [2.24, 2.45) is 0 Å². The highest BCUT2D eigenvalue weighted by atomic mass is 32.2. The topological polar surface area (TPSA) is 89.8 Å². The molecule has 0 saturated carbocycles. The number of hydrogen-bond acceptors (Lipinski definition) is 6. The van der Waals surface area contributed by atoms with Gasteiger partial charge < -0.3 is 5.32 Å². The van der Waals surface area contributed by atoms with Crippen molar-refractivity contribution in [3.8, 4) is 5.69 Å². The average molecular weight is 379 g/mol. The number of thioether (sulfide) groups is 1. The van der Waals surface area contributed by atoms with Crippen LogP contribution in [0.3, 0.4) is 0 Å². The number of aromatic nitrogens is 4. The molecule has 27 heavy (non-hydrogen) atoms. The number of anilines is 1. The Balaban J connectivity index is 1.55. The van der Waals surface area contributed by atoms with E-state index in [1.807, 2.05) is 24.3 Å². The van der Waals surface area contributed by atoms with Crippen LogP contribution in [0.5, 0.6) is 0 Å². The summed E-state index contributed by atoms with van der Waals surface area (Å²) < 4.78 is 1.58. The first kappa shape index (κ1) is 17.4. The summed E-state index contributed by atoms with van der Waals surface area (Å²) in [6.45, 7) is 1.52. The molecule has 1 atom stereocenters. The summed E-state index contributed by atoms with van der Waals surface area (Å²) in [6.07, 6.45) is 1.51. The van der Waals surface area contributed by atoms with Gasteiger partial charge in [0.15, 0.2) is 5.78 Å². The van der Waals surface area contributed by atoms with Crippen LogP contribution >= 0.6 is 11.8 Å². The summed E-state index contributed by atoms with van der Waals surface area (Å²) >= 11 is 1.34. The Morgan fingerprint density at radius 3 is 2.74 bits per heavy atom. The molecule has 8 heteroatoms. The average Bonchev–Trinajstić information content (AvgIpc) is 3.07. The number of carbonyl (C=O) groups is 2. The second kappa shape index (κ2) is 7.32. The number of ketones is 1. The van der Waals surface area contributed by atoms with Crippen LogP contribution in [0.1, 0.15) is 29.3 Å². The number of carbonyl (C=O) groups excluding carboxylic acids is 2. The lowest BCUT2D eigenvalue weighted by Crippen LogP contribution is -2.24. The number of para-hydroxylation sites is 1. The van der Waals surface area contributed by atoms with Gasteiger partial charge in [0.05, 0.1) is 10.9 Å². The van der Waals surface area contributed by atoms with Crippen LogP contribution in [0, 0.1) is 0 Å². The van der Waals surface area contributed by atoms with Gasteiger partial charge in [-0.15, -0.1) is 5.10 Å². The highest BCUT2D eigenvalue weighted by Gasteiger charge is 2.26. The van der Waals surface area contributed by atoms with Crippen LogP contribution in [0.4, 0.5) is 5.69 Å². The van der Waals surface area contributed by atoms with E-state index in [-0.39, 0.29) is 16.9 Å². The van der Waals surface area contributed by atoms with Crippen LogP contribution in [0.2, 0.25) is 0 Å². The standard InChI is InChI=1S/C19H17N5O2S/c1-12(25)13-6-9-15(10-7-13)24-19(21-22-23-24)27-17-11-8-14-4-2-3-5-16(14)20-18(17)26/h2-7,9-10,17H,8,11H2,1H3,(H,20,26)/t17-/m0/s1. The number of aryl methyl sites for hydroxylation is 1. The van der Waals surface area contributed by atoms with Crippen LogP contribution in [-0.4, -0.2) is 37.1 Å². The van der Waals surface area contributed by atoms with Crippen molar-refractivity contribution in [3.63, 3.8) is 0 Å². The second-order valence-electron chi connectivity index (χ2n) is 6.27. The summed E-state index contributed by atoms with van der Waals surface area (Å²) in [6, 6.07) is 14.9. The fourth-order valence-electron chi connectivity index (χ4n) is 2.98. The molecule has 0 unspecified atom stereocenters. The molecule has 0 fully saturated rings. The molecule has 2 aromatic carbocycles. The minimum Gasteiger partial charge on any atom is -0.325 e. The van der Waals surface area contributed by atoms with E-state index in [0.717, 1.165) is 23.4 Å². The predicted molar refractivity (Wildman–Crippen MR) is 102 cm³/mol. The van der Waals surface area contributed by atoms with Gasteiger partial charge in [0, 0.05) is 11.3 Å². The van der Waals surface area contributed by atoms with E-state index < -0.39 is 0 Å². The third-order valence-corrected chi connectivity index (χ3v) is 5.65. The highest BCUT2D eigenvalue weighted by Crippen LogP contribution is 2.31. The maximum Gasteiger partial charge on any atom is 0.237 e. The van der Waals surface area contributed by atoms with Crippen molar-refractivity contribution in [1.82, 2.24) is 20.2 Å². The van der Waals surface area contributed by atoms with Crippen molar-refractivity contribution in [3.05, 3.63) is 59.7 Å². The van der Waals surface area contributed by atoms with Crippen LogP contribution in [-0.2, 0) is 11.2 Å². The van der Waals surface area contributed by atoms with Crippen molar-refractivity contribution < 1.29 is 9.59 Å². The van der Waals surface area contributed by atoms with Gasteiger partial charge in [-0.05, 0) is 66.1 Å². The molecule has 4 rings (SSSR count). The molecule has 1 aromatic heterocycles. The number of amides is 1. The molecule has 136 valence electrons. The van der Waals surface area contributed by atoms with Crippen LogP contribution in [0.25, 0.3) is 5.69 Å². The van der Waals surface area contributed by atoms with E-state index >= 15 is 0 Å². The normalized spacial score (nSPS) is 16.3. The molecule has 7 nitrogen and oxygen atoms in total. The number of nitrogens with one attached hydrogen (secondary N) is 1. The smallest absolute Gasteiger partial charge is 0.237 e. The first-order chi connectivity index (χ1) is 13.1. The van der Waals surface area contributed by atoms with Gasteiger partial charge in [-0.25, -0.2) is 0 Å². The molecule has 0 radical (unpaired) electrons. The van der Waals surface area contributed by atoms with E-state index in [4.69, 9.17) is 0 Å². The summed E-state index contributed by atoms with van der Waals surface area (Å²) in [4.78, 5) is 24.1. The van der Waals surface area contributed by atoms with E-state index in [9.17, 15) is 9.59 Å². The third-order valence-electron chi connectivity index (χ3n) is 4.45. The summed E-state index contributed by atoms with van der Waals surface area (Å²) in [7, 11) is 0. The van der Waals surface area contributed by atoms with Gasteiger partial charge in [0.25, 0.3) is 0 Å². The summed E-state index contributed by atoms with van der Waals surface area (Å²) in [5.41, 5.74) is 3.37. The number of tetrazole rings is 1. The second-order valence-corrected chi connectivity index (χ2v) is 7.44. The Morgan fingerprint density at radius 1 is 1.19 bits per heavy atom. The van der Waals surface area contributed by atoms with Gasteiger partial charge in [0.2, 0.25) is 11.1 Å². The number of fused-ring (bicyclic) bond motifs is 1. The number of benzene rings is 2. The molecule has 1 aliphatic heterocycles. The Hall–Kier alpha value is -3.00.